The quantitative estimate of drug-likeness (QED) is 0.606. The van der Waals surface area contributed by atoms with Crippen molar-refractivity contribution in [1.29, 1.82) is 0 Å². The second kappa shape index (κ2) is 2.20. The molecule has 0 radical (unpaired) electrons. The van der Waals surface area contributed by atoms with Crippen LogP contribution < -0.4 is 5.73 Å². The molecule has 0 saturated carbocycles. The minimum absolute atomic E-state index is 0.560. The summed E-state index contributed by atoms with van der Waals surface area (Å²) in [4.78, 5) is 7.93. The van der Waals surface area contributed by atoms with Crippen molar-refractivity contribution in [1.82, 2.24) is 9.97 Å². The predicted molar refractivity (Wildman–Crippen MR) is 44.0 cm³/mol. The van der Waals surface area contributed by atoms with Crippen molar-refractivity contribution < 1.29 is 0 Å². The first-order valence-electron chi connectivity index (χ1n) is 3.32. The van der Waals surface area contributed by atoms with Crippen molar-refractivity contribution in [3.05, 3.63) is 30.7 Å². The lowest BCUT2D eigenvalue weighted by atomic mass is 10.2. The molecule has 0 aliphatic carbocycles. The van der Waals surface area contributed by atoms with Crippen molar-refractivity contribution in [2.45, 2.75) is 0 Å². The van der Waals surface area contributed by atoms with E-state index in [0.717, 1.165) is 10.8 Å². The molecule has 2 rings (SSSR count). The molecular formula is C8H7N3. The monoisotopic (exact) mass is 145 g/mol. The average molecular weight is 145 g/mol. The van der Waals surface area contributed by atoms with Crippen LogP contribution in [0.5, 0.6) is 0 Å². The van der Waals surface area contributed by atoms with Gasteiger partial charge in [0.2, 0.25) is 0 Å². The van der Waals surface area contributed by atoms with Gasteiger partial charge in [-0.1, -0.05) is 0 Å². The Kier molecular flexibility index (Phi) is 1.22. The Bertz CT molecular complexity index is 378. The van der Waals surface area contributed by atoms with Gasteiger partial charge in [0, 0.05) is 29.4 Å². The molecule has 54 valence electrons. The van der Waals surface area contributed by atoms with Gasteiger partial charge in [0.05, 0.1) is 0 Å². The van der Waals surface area contributed by atoms with E-state index in [1.165, 1.54) is 0 Å². The standard InChI is InChI=1S/C8H7N3/c9-8-7-2-3-10-5-6(7)1-4-11-8/h1-5H,(H2,9,11). The van der Waals surface area contributed by atoms with E-state index >= 15 is 0 Å². The van der Waals surface area contributed by atoms with Gasteiger partial charge >= 0.3 is 0 Å². The summed E-state index contributed by atoms with van der Waals surface area (Å²) in [7, 11) is 0. The number of fused-ring (bicyclic) bond motifs is 1. The van der Waals surface area contributed by atoms with Crippen LogP contribution in [0.3, 0.4) is 0 Å². The van der Waals surface area contributed by atoms with E-state index in [1.807, 2.05) is 12.1 Å². The number of nitrogens with two attached hydrogens (primary N) is 1. The number of aromatic nitrogens is 2. The first kappa shape index (κ1) is 6.09. The van der Waals surface area contributed by atoms with E-state index in [-0.39, 0.29) is 0 Å². The Balaban J connectivity index is 2.91. The smallest absolute Gasteiger partial charge is 0.131 e. The third kappa shape index (κ3) is 0.902. The summed E-state index contributed by atoms with van der Waals surface area (Å²) in [5.74, 6) is 0.560. The second-order valence-electron chi connectivity index (χ2n) is 2.29. The van der Waals surface area contributed by atoms with Crippen molar-refractivity contribution in [3.8, 4) is 0 Å². The summed E-state index contributed by atoms with van der Waals surface area (Å²) < 4.78 is 0. The Hall–Kier alpha value is -1.64. The van der Waals surface area contributed by atoms with Crippen LogP contribution in [0, 0.1) is 0 Å². The fraction of sp³-hybridized carbons (Fsp3) is 0. The number of hydrogen-bond acceptors (Lipinski definition) is 3. The molecule has 2 aromatic heterocycles. The number of nitrogen functional groups attached to an aromatic ring is 1. The van der Waals surface area contributed by atoms with Crippen LogP contribution >= 0.6 is 0 Å². The van der Waals surface area contributed by atoms with Gasteiger partial charge in [0.15, 0.2) is 0 Å². The molecule has 0 fully saturated rings. The third-order valence-corrected chi connectivity index (χ3v) is 1.60. The van der Waals surface area contributed by atoms with Gasteiger partial charge in [-0.15, -0.1) is 0 Å². The highest BCUT2D eigenvalue weighted by Gasteiger charge is 1.94. The first-order chi connectivity index (χ1) is 5.38. The molecule has 3 heteroatoms. The zero-order valence-corrected chi connectivity index (χ0v) is 5.86. The van der Waals surface area contributed by atoms with E-state index < -0.39 is 0 Å². The maximum absolute atomic E-state index is 5.62. The molecule has 0 bridgehead atoms. The van der Waals surface area contributed by atoms with E-state index in [4.69, 9.17) is 5.73 Å². The van der Waals surface area contributed by atoms with Crippen LogP contribution in [0.4, 0.5) is 5.82 Å². The number of rotatable bonds is 0. The molecule has 0 spiro atoms. The second-order valence-corrected chi connectivity index (χ2v) is 2.29. The summed E-state index contributed by atoms with van der Waals surface area (Å²) in [6, 6.07) is 3.75. The summed E-state index contributed by atoms with van der Waals surface area (Å²) in [6.45, 7) is 0. The largest absolute Gasteiger partial charge is 0.383 e. The molecule has 0 atom stereocenters. The fourth-order valence-corrected chi connectivity index (χ4v) is 1.04. The molecule has 0 aromatic carbocycles. The van der Waals surface area contributed by atoms with Gasteiger partial charge in [0.1, 0.15) is 5.82 Å². The number of nitrogens with zero attached hydrogens (tertiary/aromatic N) is 2. The number of hydrogen-bond donors (Lipinski definition) is 1. The van der Waals surface area contributed by atoms with Gasteiger partial charge in [-0.2, -0.15) is 0 Å². The van der Waals surface area contributed by atoms with Crippen LogP contribution in [-0.2, 0) is 0 Å². The van der Waals surface area contributed by atoms with E-state index in [0.29, 0.717) is 5.82 Å². The Morgan fingerprint density at radius 2 is 2.09 bits per heavy atom. The van der Waals surface area contributed by atoms with Gasteiger partial charge in [0.25, 0.3) is 0 Å². The van der Waals surface area contributed by atoms with Crippen molar-refractivity contribution in [2.75, 3.05) is 5.73 Å². The highest BCUT2D eigenvalue weighted by molar-refractivity contribution is 5.89. The minimum atomic E-state index is 0.560. The average Bonchev–Trinajstić information content (AvgIpc) is 2.06. The molecule has 2 N–H and O–H groups in total. The molecule has 3 nitrogen and oxygen atoms in total. The van der Waals surface area contributed by atoms with E-state index in [2.05, 4.69) is 9.97 Å². The van der Waals surface area contributed by atoms with Crippen molar-refractivity contribution in [2.24, 2.45) is 0 Å². The highest BCUT2D eigenvalue weighted by Crippen LogP contribution is 2.15. The van der Waals surface area contributed by atoms with Gasteiger partial charge < -0.3 is 5.73 Å². The molecular weight excluding hydrogens is 138 g/mol. The lowest BCUT2D eigenvalue weighted by Gasteiger charge is -1.97. The lowest BCUT2D eigenvalue weighted by Crippen LogP contribution is -1.90. The SMILES string of the molecule is Nc1nccc2cnccc12. The Morgan fingerprint density at radius 3 is 2.91 bits per heavy atom. The van der Waals surface area contributed by atoms with Gasteiger partial charge in [-0.3, -0.25) is 4.98 Å². The topological polar surface area (TPSA) is 51.8 Å². The summed E-state index contributed by atoms with van der Waals surface area (Å²) >= 11 is 0. The van der Waals surface area contributed by atoms with Crippen LogP contribution in [0.15, 0.2) is 30.7 Å². The number of pyridine rings is 2. The normalized spacial score (nSPS) is 10.2. The zero-order valence-electron chi connectivity index (χ0n) is 5.86. The van der Waals surface area contributed by atoms with Crippen molar-refractivity contribution in [3.63, 3.8) is 0 Å². The summed E-state index contributed by atoms with van der Waals surface area (Å²) in [6.07, 6.45) is 5.16. The molecule has 2 heterocycles. The lowest BCUT2D eigenvalue weighted by molar-refractivity contribution is 1.33. The summed E-state index contributed by atoms with van der Waals surface area (Å²) in [5.41, 5.74) is 5.62. The van der Waals surface area contributed by atoms with Crippen molar-refractivity contribution >= 4 is 16.6 Å². The third-order valence-electron chi connectivity index (χ3n) is 1.60. The predicted octanol–water partition coefficient (Wildman–Crippen LogP) is 1.21. The van der Waals surface area contributed by atoms with E-state index in [9.17, 15) is 0 Å². The maximum Gasteiger partial charge on any atom is 0.131 e. The Labute approximate surface area is 63.9 Å². The van der Waals surface area contributed by atoms with E-state index in [1.54, 1.807) is 18.6 Å². The molecule has 11 heavy (non-hydrogen) atoms. The molecule has 0 aliphatic rings. The maximum atomic E-state index is 5.62. The molecule has 0 saturated heterocycles. The van der Waals surface area contributed by atoms with Crippen LogP contribution in [0.2, 0.25) is 0 Å². The molecule has 2 aromatic rings. The molecule has 0 amide bonds. The van der Waals surface area contributed by atoms with Gasteiger partial charge in [-0.05, 0) is 12.1 Å². The first-order valence-corrected chi connectivity index (χ1v) is 3.32. The Morgan fingerprint density at radius 1 is 1.18 bits per heavy atom. The van der Waals surface area contributed by atoms with Crippen LogP contribution in [0.25, 0.3) is 10.8 Å². The zero-order chi connectivity index (χ0) is 7.68. The number of anilines is 1. The van der Waals surface area contributed by atoms with Crippen LogP contribution in [-0.4, -0.2) is 9.97 Å². The minimum Gasteiger partial charge on any atom is -0.383 e. The fourth-order valence-electron chi connectivity index (χ4n) is 1.04. The highest BCUT2D eigenvalue weighted by atomic mass is 14.8. The molecule has 0 unspecified atom stereocenters. The molecule has 0 aliphatic heterocycles. The summed E-state index contributed by atoms with van der Waals surface area (Å²) in [5, 5.41) is 1.99. The van der Waals surface area contributed by atoms with Crippen LogP contribution in [0.1, 0.15) is 0 Å². The van der Waals surface area contributed by atoms with Gasteiger partial charge in [-0.25, -0.2) is 4.98 Å².